The van der Waals surface area contributed by atoms with E-state index >= 15 is 0 Å². The Bertz CT molecular complexity index is 657. The Hall–Kier alpha value is -1.99. The van der Waals surface area contributed by atoms with Crippen molar-refractivity contribution < 1.29 is 9.00 Å². The number of hydrogen-bond acceptors (Lipinski definition) is 4. The summed E-state index contributed by atoms with van der Waals surface area (Å²) in [4.78, 5) is 11.6. The van der Waals surface area contributed by atoms with Gasteiger partial charge in [0.25, 0.3) is 5.91 Å². The molecule has 21 heavy (non-hydrogen) atoms. The number of rotatable bonds is 6. The predicted molar refractivity (Wildman–Crippen MR) is 82.4 cm³/mol. The van der Waals surface area contributed by atoms with Crippen LogP contribution in [0.25, 0.3) is 0 Å². The summed E-state index contributed by atoms with van der Waals surface area (Å²) in [5, 5.41) is 8.16. The van der Waals surface area contributed by atoms with Gasteiger partial charge in [0.2, 0.25) is 0 Å². The van der Waals surface area contributed by atoms with Gasteiger partial charge >= 0.3 is 0 Å². The second kappa shape index (κ2) is 7.70. The van der Waals surface area contributed by atoms with Gasteiger partial charge in [-0.3, -0.25) is 13.7 Å². The van der Waals surface area contributed by atoms with E-state index < -0.39 is 16.7 Å². The molecule has 1 heterocycles. The maximum atomic E-state index is 11.8. The number of hydrogen-bond donors (Lipinski definition) is 1. The second-order valence-electron chi connectivity index (χ2n) is 4.12. The van der Waals surface area contributed by atoms with E-state index in [4.69, 9.17) is 11.6 Å². The molecule has 0 radical (unpaired) electrons. The van der Waals surface area contributed by atoms with Gasteiger partial charge in [0.15, 0.2) is 0 Å². The largest absolute Gasteiger partial charge is 0.272 e. The van der Waals surface area contributed by atoms with Crippen LogP contribution in [0, 0.1) is 0 Å². The lowest BCUT2D eigenvalue weighted by atomic mass is 10.2. The molecule has 8 heteroatoms. The van der Waals surface area contributed by atoms with Crippen molar-refractivity contribution in [2.75, 3.05) is 5.75 Å². The molecule has 1 unspecified atom stereocenters. The van der Waals surface area contributed by atoms with Gasteiger partial charge in [0.05, 0.1) is 28.2 Å². The van der Waals surface area contributed by atoms with Crippen LogP contribution >= 0.6 is 11.6 Å². The predicted octanol–water partition coefficient (Wildman–Crippen LogP) is 1.39. The molecule has 0 saturated heterocycles. The Morgan fingerprint density at radius 3 is 2.86 bits per heavy atom. The topological polar surface area (TPSA) is 76.3 Å². The zero-order chi connectivity index (χ0) is 15.1. The molecule has 0 bridgehead atoms. The third-order valence-electron chi connectivity index (χ3n) is 2.37. The van der Waals surface area contributed by atoms with E-state index in [9.17, 15) is 9.00 Å². The summed E-state index contributed by atoms with van der Waals surface area (Å²) < 4.78 is 13.2. The lowest BCUT2D eigenvalue weighted by Crippen LogP contribution is -2.25. The maximum Gasteiger partial charge on any atom is 0.252 e. The zero-order valence-electron chi connectivity index (χ0n) is 11.0. The molecule has 1 N–H and O–H groups in total. The normalized spacial score (nSPS) is 12.4. The van der Waals surface area contributed by atoms with Gasteiger partial charge in [-0.25, -0.2) is 5.43 Å². The van der Waals surface area contributed by atoms with Gasteiger partial charge in [-0.1, -0.05) is 41.9 Å². The van der Waals surface area contributed by atoms with Crippen molar-refractivity contribution in [3.05, 3.63) is 53.3 Å². The van der Waals surface area contributed by atoms with Crippen LogP contribution in [0.15, 0.2) is 47.8 Å². The standard InChI is InChI=1S/C13H13ClN4O2S/c14-12-7-16-18(8-12)10-21(20)9-13(19)17-15-6-11-4-2-1-3-5-11/h1-8H,9-10H2,(H,17,19)/b15-6+. The maximum absolute atomic E-state index is 11.8. The van der Waals surface area contributed by atoms with Crippen LogP contribution in [0.1, 0.15) is 5.56 Å². The SMILES string of the molecule is O=C(CS(=O)Cn1cc(Cl)cn1)N/N=C/c1ccccc1. The van der Waals surface area contributed by atoms with Crippen molar-refractivity contribution >= 4 is 34.5 Å². The number of hydrazone groups is 1. The van der Waals surface area contributed by atoms with E-state index in [2.05, 4.69) is 15.6 Å². The summed E-state index contributed by atoms with van der Waals surface area (Å²) in [5.74, 6) is -0.453. The highest BCUT2D eigenvalue weighted by Crippen LogP contribution is 2.05. The number of amides is 1. The average molecular weight is 325 g/mol. The second-order valence-corrected chi connectivity index (χ2v) is 5.98. The summed E-state index contributed by atoms with van der Waals surface area (Å²) in [6.45, 7) is 0. The Balaban J connectivity index is 1.76. The summed E-state index contributed by atoms with van der Waals surface area (Å²) in [5.41, 5.74) is 3.20. The molecule has 1 aromatic carbocycles. The van der Waals surface area contributed by atoms with Gasteiger partial charge < -0.3 is 0 Å². The first-order chi connectivity index (χ1) is 10.1. The van der Waals surface area contributed by atoms with Gasteiger partial charge in [-0.15, -0.1) is 0 Å². The summed E-state index contributed by atoms with van der Waals surface area (Å²) in [7, 11) is -1.38. The first-order valence-corrected chi connectivity index (χ1v) is 7.90. The Morgan fingerprint density at radius 1 is 1.43 bits per heavy atom. The van der Waals surface area contributed by atoms with Crippen molar-refractivity contribution in [2.45, 2.75) is 5.88 Å². The number of halogens is 1. The molecule has 0 aliphatic carbocycles. The molecule has 1 amide bonds. The smallest absolute Gasteiger partial charge is 0.252 e. The Kier molecular flexibility index (Phi) is 5.65. The van der Waals surface area contributed by atoms with Crippen LogP contribution in [-0.4, -0.2) is 31.9 Å². The van der Waals surface area contributed by atoms with Crippen molar-refractivity contribution in [3.63, 3.8) is 0 Å². The molecule has 0 fully saturated rings. The van der Waals surface area contributed by atoms with Crippen molar-refractivity contribution in [2.24, 2.45) is 5.10 Å². The molecule has 1 aromatic heterocycles. The molecule has 2 aromatic rings. The third kappa shape index (κ3) is 5.49. The van der Waals surface area contributed by atoms with E-state index in [1.54, 1.807) is 6.20 Å². The van der Waals surface area contributed by atoms with Crippen LogP contribution in [-0.2, 0) is 21.5 Å². The van der Waals surface area contributed by atoms with Gasteiger partial charge in [-0.2, -0.15) is 10.2 Å². The fourth-order valence-electron chi connectivity index (χ4n) is 1.50. The van der Waals surface area contributed by atoms with Crippen LogP contribution in [0.2, 0.25) is 5.02 Å². The Labute approximate surface area is 129 Å². The van der Waals surface area contributed by atoms with Gasteiger partial charge in [0.1, 0.15) is 11.6 Å². The summed E-state index contributed by atoms with van der Waals surface area (Å²) in [6.07, 6.45) is 4.52. The number of nitrogens with zero attached hydrogens (tertiary/aromatic N) is 3. The van der Waals surface area contributed by atoms with E-state index in [0.29, 0.717) is 5.02 Å². The first-order valence-electron chi connectivity index (χ1n) is 6.03. The van der Waals surface area contributed by atoms with Gasteiger partial charge in [0, 0.05) is 6.20 Å². The minimum Gasteiger partial charge on any atom is -0.272 e. The molecule has 0 aliphatic rings. The van der Waals surface area contributed by atoms with E-state index in [0.717, 1.165) is 5.56 Å². The molecule has 2 rings (SSSR count). The molecule has 0 saturated carbocycles. The summed E-state index contributed by atoms with van der Waals surface area (Å²) in [6, 6.07) is 9.34. The van der Waals surface area contributed by atoms with Crippen LogP contribution in [0.3, 0.4) is 0 Å². The molecule has 110 valence electrons. The van der Waals surface area contributed by atoms with Gasteiger partial charge in [-0.05, 0) is 5.56 Å². The van der Waals surface area contributed by atoms with E-state index in [1.807, 2.05) is 30.3 Å². The lowest BCUT2D eigenvalue weighted by Gasteiger charge is -2.01. The fourth-order valence-corrected chi connectivity index (χ4v) is 2.54. The average Bonchev–Trinajstić information content (AvgIpc) is 2.85. The van der Waals surface area contributed by atoms with E-state index in [-0.39, 0.29) is 11.6 Å². The van der Waals surface area contributed by atoms with Crippen molar-refractivity contribution in [3.8, 4) is 0 Å². The monoisotopic (exact) mass is 324 g/mol. The highest BCUT2D eigenvalue weighted by molar-refractivity contribution is 7.84. The number of carbonyl (C=O) groups excluding carboxylic acids is 1. The first kappa shape index (κ1) is 15.4. The highest BCUT2D eigenvalue weighted by atomic mass is 35.5. The number of carbonyl (C=O) groups is 1. The summed E-state index contributed by atoms with van der Waals surface area (Å²) >= 11 is 5.70. The zero-order valence-corrected chi connectivity index (χ0v) is 12.5. The molecular formula is C13H13ClN4O2S. The molecule has 0 aliphatic heterocycles. The van der Waals surface area contributed by atoms with Crippen molar-refractivity contribution in [1.82, 2.24) is 15.2 Å². The highest BCUT2D eigenvalue weighted by Gasteiger charge is 2.08. The van der Waals surface area contributed by atoms with Crippen molar-refractivity contribution in [1.29, 1.82) is 0 Å². The van der Waals surface area contributed by atoms with Crippen LogP contribution < -0.4 is 5.43 Å². The Morgan fingerprint density at radius 2 is 2.19 bits per heavy atom. The third-order valence-corrected chi connectivity index (χ3v) is 3.70. The molecule has 0 spiro atoms. The van der Waals surface area contributed by atoms with E-state index in [1.165, 1.54) is 17.1 Å². The minimum atomic E-state index is -1.38. The quantitative estimate of drug-likeness (QED) is 0.644. The van der Waals surface area contributed by atoms with Crippen LogP contribution in [0.4, 0.5) is 0 Å². The molecular weight excluding hydrogens is 312 g/mol. The van der Waals surface area contributed by atoms with Crippen LogP contribution in [0.5, 0.6) is 0 Å². The lowest BCUT2D eigenvalue weighted by molar-refractivity contribution is -0.118. The number of aromatic nitrogens is 2. The number of benzene rings is 1. The fraction of sp³-hybridized carbons (Fsp3) is 0.154. The minimum absolute atomic E-state index is 0.114. The molecule has 1 atom stereocenters. The molecule has 6 nitrogen and oxygen atoms in total. The number of nitrogens with one attached hydrogen (secondary N) is 1.